The molecule has 0 radical (unpaired) electrons. The number of alkyl halides is 3. The van der Waals surface area contributed by atoms with Gasteiger partial charge in [-0.1, -0.05) is 36.4 Å². The van der Waals surface area contributed by atoms with Gasteiger partial charge in [0.1, 0.15) is 0 Å². The number of halogens is 3. The molecule has 0 N–H and O–H groups in total. The second-order valence-electron chi connectivity index (χ2n) is 6.22. The van der Waals surface area contributed by atoms with Gasteiger partial charge < -0.3 is 9.47 Å². The molecule has 0 spiro atoms. The van der Waals surface area contributed by atoms with Crippen LogP contribution < -0.4 is 0 Å². The molecule has 1 heterocycles. The van der Waals surface area contributed by atoms with E-state index in [-0.39, 0.29) is 24.4 Å². The maximum Gasteiger partial charge on any atom is 0.416 e. The molecule has 0 unspecified atom stereocenters. The van der Waals surface area contributed by atoms with Gasteiger partial charge >= 0.3 is 6.18 Å². The molecular weight excluding hydrogens is 341 g/mol. The van der Waals surface area contributed by atoms with Crippen molar-refractivity contribution in [3.05, 3.63) is 71.9 Å². The summed E-state index contributed by atoms with van der Waals surface area (Å²) in [5.41, 5.74) is 0.434. The fraction of sp³-hybridized carbons (Fsp3) is 0.250. The lowest BCUT2D eigenvalue weighted by molar-refractivity contribution is -0.139. The van der Waals surface area contributed by atoms with E-state index < -0.39 is 11.7 Å². The minimum atomic E-state index is -4.43. The first-order valence-corrected chi connectivity index (χ1v) is 8.29. The van der Waals surface area contributed by atoms with E-state index in [0.29, 0.717) is 6.54 Å². The molecule has 3 aromatic rings. The van der Waals surface area contributed by atoms with Crippen LogP contribution in [0.1, 0.15) is 17.5 Å². The van der Waals surface area contributed by atoms with Crippen molar-refractivity contribution in [2.45, 2.75) is 25.7 Å². The van der Waals surface area contributed by atoms with E-state index in [2.05, 4.69) is 0 Å². The fourth-order valence-electron chi connectivity index (χ4n) is 3.02. The normalized spacial score (nSPS) is 11.7. The SMILES string of the molecule is CN(Cc1ccccc1C(F)(F)F)C(=O)CCn1ccc2ccccc21. The van der Waals surface area contributed by atoms with Gasteiger partial charge in [0, 0.05) is 38.3 Å². The lowest BCUT2D eigenvalue weighted by atomic mass is 10.1. The van der Waals surface area contributed by atoms with Gasteiger partial charge in [-0.3, -0.25) is 4.79 Å². The van der Waals surface area contributed by atoms with Crippen LogP contribution in [0.2, 0.25) is 0 Å². The number of aromatic nitrogens is 1. The molecule has 0 aliphatic carbocycles. The molecule has 2 aromatic carbocycles. The van der Waals surface area contributed by atoms with Gasteiger partial charge in [0.25, 0.3) is 0 Å². The molecule has 1 amide bonds. The molecule has 0 bridgehead atoms. The highest BCUT2D eigenvalue weighted by Gasteiger charge is 2.33. The zero-order valence-electron chi connectivity index (χ0n) is 14.3. The summed E-state index contributed by atoms with van der Waals surface area (Å²) >= 11 is 0. The number of para-hydroxylation sites is 1. The molecule has 3 nitrogen and oxygen atoms in total. The predicted molar refractivity (Wildman–Crippen MR) is 94.5 cm³/mol. The second-order valence-corrected chi connectivity index (χ2v) is 6.22. The number of benzene rings is 2. The average molecular weight is 360 g/mol. The highest BCUT2D eigenvalue weighted by Crippen LogP contribution is 2.32. The van der Waals surface area contributed by atoms with Crippen molar-refractivity contribution in [3.8, 4) is 0 Å². The maximum absolute atomic E-state index is 13.1. The van der Waals surface area contributed by atoms with E-state index in [1.807, 2.05) is 41.1 Å². The Balaban J connectivity index is 1.66. The van der Waals surface area contributed by atoms with Crippen molar-refractivity contribution in [2.75, 3.05) is 7.05 Å². The average Bonchev–Trinajstić information content (AvgIpc) is 3.02. The van der Waals surface area contributed by atoms with Crippen molar-refractivity contribution in [1.29, 1.82) is 0 Å². The largest absolute Gasteiger partial charge is 0.416 e. The topological polar surface area (TPSA) is 25.2 Å². The van der Waals surface area contributed by atoms with Crippen molar-refractivity contribution in [1.82, 2.24) is 9.47 Å². The van der Waals surface area contributed by atoms with Crippen LogP contribution in [0, 0.1) is 0 Å². The Labute approximate surface area is 149 Å². The molecule has 6 heteroatoms. The van der Waals surface area contributed by atoms with Gasteiger partial charge in [0.15, 0.2) is 0 Å². The summed E-state index contributed by atoms with van der Waals surface area (Å²) in [4.78, 5) is 13.7. The van der Waals surface area contributed by atoms with Crippen molar-refractivity contribution < 1.29 is 18.0 Å². The van der Waals surface area contributed by atoms with Gasteiger partial charge in [-0.05, 0) is 29.1 Å². The summed E-state index contributed by atoms with van der Waals surface area (Å²) in [5.74, 6) is -0.195. The summed E-state index contributed by atoms with van der Waals surface area (Å²) in [6.07, 6.45) is -2.29. The van der Waals surface area contributed by atoms with E-state index in [4.69, 9.17) is 0 Å². The molecule has 0 saturated carbocycles. The quantitative estimate of drug-likeness (QED) is 0.647. The minimum absolute atomic E-state index is 0.0685. The zero-order chi connectivity index (χ0) is 18.7. The summed E-state index contributed by atoms with van der Waals surface area (Å²) in [6.45, 7) is 0.415. The Morgan fingerprint density at radius 2 is 1.73 bits per heavy atom. The van der Waals surface area contributed by atoms with Gasteiger partial charge in [-0.2, -0.15) is 13.2 Å². The van der Waals surface area contributed by atoms with E-state index in [9.17, 15) is 18.0 Å². The van der Waals surface area contributed by atoms with Crippen LogP contribution in [-0.2, 0) is 24.1 Å². The summed E-state index contributed by atoms with van der Waals surface area (Å²) in [7, 11) is 1.53. The van der Waals surface area contributed by atoms with Crippen LogP contribution >= 0.6 is 0 Å². The highest BCUT2D eigenvalue weighted by molar-refractivity contribution is 5.80. The van der Waals surface area contributed by atoms with Crippen LogP contribution in [0.25, 0.3) is 10.9 Å². The molecule has 0 aliphatic heterocycles. The Bertz CT molecular complexity index is 915. The number of amides is 1. The monoisotopic (exact) mass is 360 g/mol. The van der Waals surface area contributed by atoms with Gasteiger partial charge in [-0.15, -0.1) is 0 Å². The van der Waals surface area contributed by atoms with Crippen molar-refractivity contribution in [3.63, 3.8) is 0 Å². The molecule has 3 rings (SSSR count). The Hall–Kier alpha value is -2.76. The van der Waals surface area contributed by atoms with Gasteiger partial charge in [0.2, 0.25) is 5.91 Å². The lowest BCUT2D eigenvalue weighted by Crippen LogP contribution is -2.28. The Morgan fingerprint density at radius 1 is 1.04 bits per heavy atom. The van der Waals surface area contributed by atoms with E-state index >= 15 is 0 Å². The number of fused-ring (bicyclic) bond motifs is 1. The standard InChI is InChI=1S/C20H19F3N2O/c1-24(14-16-7-2-4-8-17(16)20(21,22)23)19(26)11-13-25-12-10-15-6-3-5-9-18(15)25/h2-10,12H,11,13-14H2,1H3. The molecular formula is C20H19F3N2O. The third-order valence-corrected chi connectivity index (χ3v) is 4.40. The first-order valence-electron chi connectivity index (χ1n) is 8.29. The zero-order valence-corrected chi connectivity index (χ0v) is 14.3. The Morgan fingerprint density at radius 3 is 2.50 bits per heavy atom. The van der Waals surface area contributed by atoms with Crippen molar-refractivity contribution in [2.24, 2.45) is 0 Å². The van der Waals surface area contributed by atoms with Gasteiger partial charge in [-0.25, -0.2) is 0 Å². The number of aryl methyl sites for hydroxylation is 1. The number of nitrogens with zero attached hydrogens (tertiary/aromatic N) is 2. The second kappa shape index (κ2) is 7.23. The lowest BCUT2D eigenvalue weighted by Gasteiger charge is -2.20. The molecule has 0 aliphatic rings. The van der Waals surface area contributed by atoms with Crippen LogP contribution in [0.5, 0.6) is 0 Å². The number of carbonyl (C=O) groups is 1. The van der Waals surface area contributed by atoms with E-state index in [1.165, 1.54) is 24.1 Å². The maximum atomic E-state index is 13.1. The number of carbonyl (C=O) groups excluding carboxylic acids is 1. The first kappa shape index (κ1) is 18.0. The summed E-state index contributed by atoms with van der Waals surface area (Å²) < 4.78 is 41.2. The third-order valence-electron chi connectivity index (χ3n) is 4.40. The van der Waals surface area contributed by atoms with Crippen LogP contribution in [0.4, 0.5) is 13.2 Å². The minimum Gasteiger partial charge on any atom is -0.347 e. The molecule has 136 valence electrons. The fourth-order valence-corrected chi connectivity index (χ4v) is 3.02. The molecule has 1 aromatic heterocycles. The molecule has 0 saturated heterocycles. The summed E-state index contributed by atoms with van der Waals surface area (Å²) in [5, 5.41) is 1.09. The molecule has 26 heavy (non-hydrogen) atoms. The summed E-state index contributed by atoms with van der Waals surface area (Å²) in [6, 6.07) is 15.2. The van der Waals surface area contributed by atoms with Crippen LogP contribution in [0.3, 0.4) is 0 Å². The highest BCUT2D eigenvalue weighted by atomic mass is 19.4. The van der Waals surface area contributed by atoms with Gasteiger partial charge in [0.05, 0.1) is 5.56 Å². The Kier molecular flexibility index (Phi) is 5.02. The molecule has 0 atom stereocenters. The predicted octanol–water partition coefficient (Wildman–Crippen LogP) is 4.71. The van der Waals surface area contributed by atoms with Crippen molar-refractivity contribution >= 4 is 16.8 Å². The van der Waals surface area contributed by atoms with Crippen LogP contribution in [0.15, 0.2) is 60.8 Å². The number of hydrogen-bond acceptors (Lipinski definition) is 1. The van der Waals surface area contributed by atoms with Crippen LogP contribution in [-0.4, -0.2) is 22.4 Å². The number of rotatable bonds is 5. The molecule has 0 fully saturated rings. The smallest absolute Gasteiger partial charge is 0.347 e. The first-order chi connectivity index (χ1) is 12.4. The number of hydrogen-bond donors (Lipinski definition) is 0. The third kappa shape index (κ3) is 3.90. The van der Waals surface area contributed by atoms with E-state index in [0.717, 1.165) is 17.0 Å². The van der Waals surface area contributed by atoms with E-state index in [1.54, 1.807) is 6.07 Å².